The molecule has 10 heteroatoms. The van der Waals surface area contributed by atoms with Gasteiger partial charge >= 0.3 is 0 Å². The van der Waals surface area contributed by atoms with Crippen LogP contribution in [0.25, 0.3) is 0 Å². The minimum absolute atomic E-state index is 0.118. The first-order valence-corrected chi connectivity index (χ1v) is 12.3. The van der Waals surface area contributed by atoms with E-state index in [1.807, 2.05) is 6.92 Å². The van der Waals surface area contributed by atoms with Gasteiger partial charge < -0.3 is 24.1 Å². The van der Waals surface area contributed by atoms with E-state index in [1.54, 1.807) is 0 Å². The smallest absolute Gasteiger partial charge is 0.236 e. The van der Waals surface area contributed by atoms with Gasteiger partial charge in [-0.2, -0.15) is 4.98 Å². The highest BCUT2D eigenvalue weighted by molar-refractivity contribution is 6.36. The Kier molecular flexibility index (Phi) is 6.21. The fourth-order valence-corrected chi connectivity index (χ4v) is 5.57. The van der Waals surface area contributed by atoms with Gasteiger partial charge in [0.1, 0.15) is 22.1 Å². The van der Waals surface area contributed by atoms with Crippen molar-refractivity contribution >= 4 is 23.2 Å². The van der Waals surface area contributed by atoms with Gasteiger partial charge in [-0.05, 0) is 19.3 Å². The Balaban J connectivity index is 1.30. The maximum atomic E-state index is 13.5. The molecule has 1 aromatic carbocycles. The number of benzene rings is 1. The first-order valence-electron chi connectivity index (χ1n) is 11.9. The maximum Gasteiger partial charge on any atom is 0.236 e. The van der Waals surface area contributed by atoms with Gasteiger partial charge in [-0.1, -0.05) is 36.5 Å². The number of allylic oxidation sites excluding steroid dienone is 1. The number of carbonyl (C=O) groups is 2. The third kappa shape index (κ3) is 3.86. The molecular formula is C25H28ClN3O6. The molecule has 9 nitrogen and oxygen atoms in total. The Morgan fingerprint density at radius 2 is 1.94 bits per heavy atom. The zero-order valence-electron chi connectivity index (χ0n) is 20.0. The highest BCUT2D eigenvalue weighted by Crippen LogP contribution is 2.52. The number of hydrogen-bond acceptors (Lipinski definition) is 9. The lowest BCUT2D eigenvalue weighted by Crippen LogP contribution is -2.55. The lowest BCUT2D eigenvalue weighted by atomic mass is 9.74. The van der Waals surface area contributed by atoms with Gasteiger partial charge in [0, 0.05) is 42.6 Å². The lowest BCUT2D eigenvalue weighted by molar-refractivity contribution is -0.129. The Morgan fingerprint density at radius 3 is 2.63 bits per heavy atom. The number of carbonyl (C=O) groups excluding carboxylic acids is 2. The van der Waals surface area contributed by atoms with Crippen molar-refractivity contribution in [3.8, 4) is 17.2 Å². The van der Waals surface area contributed by atoms with Crippen molar-refractivity contribution in [2.75, 3.05) is 20.8 Å². The Hall–Kier alpha value is -3.07. The van der Waals surface area contributed by atoms with Gasteiger partial charge in [0.25, 0.3) is 0 Å². The van der Waals surface area contributed by atoms with Crippen molar-refractivity contribution in [2.45, 2.75) is 57.0 Å². The number of nitrogens with one attached hydrogen (secondary N) is 1. The molecule has 3 aliphatic rings. The Labute approximate surface area is 208 Å². The molecule has 0 saturated heterocycles. The predicted molar refractivity (Wildman–Crippen MR) is 126 cm³/mol. The number of ether oxygens (including phenoxy) is 3. The van der Waals surface area contributed by atoms with Crippen LogP contribution in [0.2, 0.25) is 5.02 Å². The van der Waals surface area contributed by atoms with Crippen molar-refractivity contribution in [3.05, 3.63) is 40.1 Å². The van der Waals surface area contributed by atoms with Crippen molar-refractivity contribution in [1.82, 2.24) is 15.5 Å². The summed E-state index contributed by atoms with van der Waals surface area (Å²) in [6.07, 6.45) is 7.07. The molecule has 1 spiro atoms. The summed E-state index contributed by atoms with van der Waals surface area (Å²) < 4.78 is 22.1. The molecular weight excluding hydrogens is 474 g/mol. The maximum absolute atomic E-state index is 13.5. The number of ketones is 2. The first kappa shape index (κ1) is 23.7. The quantitative estimate of drug-likeness (QED) is 0.561. The fraction of sp³-hybridized carbons (Fsp3) is 0.520. The van der Waals surface area contributed by atoms with Crippen molar-refractivity contribution in [1.29, 1.82) is 0 Å². The number of methoxy groups -OCH3 is 2. The average Bonchev–Trinajstić information content (AvgIpc) is 3.59. The van der Waals surface area contributed by atoms with E-state index in [0.29, 0.717) is 36.9 Å². The molecule has 1 saturated carbocycles. The molecule has 1 aromatic heterocycles. The van der Waals surface area contributed by atoms with Crippen LogP contribution in [-0.4, -0.2) is 48.1 Å². The van der Waals surface area contributed by atoms with E-state index in [4.69, 9.17) is 30.3 Å². The van der Waals surface area contributed by atoms with Gasteiger partial charge in [-0.3, -0.25) is 9.59 Å². The minimum atomic E-state index is -1.68. The third-order valence-electron chi connectivity index (χ3n) is 7.21. The monoisotopic (exact) mass is 501 g/mol. The summed E-state index contributed by atoms with van der Waals surface area (Å²) >= 11 is 6.43. The summed E-state index contributed by atoms with van der Waals surface area (Å²) in [6, 6.07) is 1.53. The summed E-state index contributed by atoms with van der Waals surface area (Å²) in [5.74, 6) is 1.13. The summed E-state index contributed by atoms with van der Waals surface area (Å²) in [4.78, 5) is 31.4. The number of halogens is 1. The molecule has 5 rings (SSSR count). The van der Waals surface area contributed by atoms with Crippen LogP contribution in [-0.2, 0) is 11.2 Å². The van der Waals surface area contributed by atoms with Crippen molar-refractivity contribution in [3.63, 3.8) is 0 Å². The third-order valence-corrected chi connectivity index (χ3v) is 7.56. The van der Waals surface area contributed by atoms with Gasteiger partial charge in [0.15, 0.2) is 11.6 Å². The molecule has 2 atom stereocenters. The second-order valence-corrected chi connectivity index (χ2v) is 9.69. The van der Waals surface area contributed by atoms with Crippen LogP contribution in [0.4, 0.5) is 0 Å². The molecule has 2 heterocycles. The second-order valence-electron chi connectivity index (χ2n) is 9.31. The molecule has 2 aliphatic carbocycles. The normalized spacial score (nSPS) is 23.9. The molecule has 35 heavy (non-hydrogen) atoms. The van der Waals surface area contributed by atoms with Crippen LogP contribution >= 0.6 is 11.6 Å². The summed E-state index contributed by atoms with van der Waals surface area (Å²) in [5, 5.41) is 7.55. The van der Waals surface area contributed by atoms with E-state index in [2.05, 4.69) is 15.5 Å². The molecule has 186 valence electrons. The van der Waals surface area contributed by atoms with E-state index in [0.717, 1.165) is 24.4 Å². The summed E-state index contributed by atoms with van der Waals surface area (Å²) in [5.41, 5.74) is -0.788. The number of hydrogen-bond donors (Lipinski definition) is 1. The predicted octanol–water partition coefficient (Wildman–Crippen LogP) is 4.04. The summed E-state index contributed by atoms with van der Waals surface area (Å²) in [7, 11) is 2.90. The number of rotatable bonds is 7. The van der Waals surface area contributed by atoms with E-state index in [9.17, 15) is 9.59 Å². The SMILES string of the molecule is COc1cc(OC)c2c(c1Cl)OC1(C(=O)C=C(NCCc3nc(C4CCCC4)no3)CC1C)C2=O. The topological polar surface area (TPSA) is 113 Å². The lowest BCUT2D eigenvalue weighted by Gasteiger charge is -2.35. The van der Waals surface area contributed by atoms with E-state index < -0.39 is 23.1 Å². The zero-order valence-corrected chi connectivity index (χ0v) is 20.7. The van der Waals surface area contributed by atoms with Crippen LogP contribution < -0.4 is 19.5 Å². The minimum Gasteiger partial charge on any atom is -0.496 e. The molecule has 2 aromatic rings. The molecule has 0 bridgehead atoms. The second kappa shape index (κ2) is 9.18. The molecule has 0 amide bonds. The Bertz CT molecular complexity index is 1200. The Morgan fingerprint density at radius 1 is 1.20 bits per heavy atom. The van der Waals surface area contributed by atoms with Crippen LogP contribution in [0.15, 0.2) is 22.4 Å². The molecule has 2 unspecified atom stereocenters. The highest BCUT2D eigenvalue weighted by Gasteiger charge is 2.60. The number of Topliss-reactive ketones (excluding diaryl/α,β-unsaturated/α-hetero) is 1. The van der Waals surface area contributed by atoms with Crippen LogP contribution in [0.5, 0.6) is 17.2 Å². The van der Waals surface area contributed by atoms with Gasteiger partial charge in [0.2, 0.25) is 23.1 Å². The van der Waals surface area contributed by atoms with E-state index >= 15 is 0 Å². The van der Waals surface area contributed by atoms with Crippen LogP contribution in [0, 0.1) is 5.92 Å². The standard InChI is InChI=1S/C25H28ClN3O6/c1-13-10-15(27-9-8-19-28-24(29-35-19)14-6-4-5-7-14)11-18(30)25(13)23(31)20-16(32-2)12-17(33-3)21(26)22(20)34-25/h11-14,27H,4-10H2,1-3H3. The van der Waals surface area contributed by atoms with Crippen LogP contribution in [0.1, 0.15) is 67.0 Å². The number of aromatic nitrogens is 2. The van der Waals surface area contributed by atoms with Crippen LogP contribution in [0.3, 0.4) is 0 Å². The first-order chi connectivity index (χ1) is 16.9. The largest absolute Gasteiger partial charge is 0.496 e. The van der Waals surface area contributed by atoms with Gasteiger partial charge in [0.05, 0.1) is 14.2 Å². The summed E-state index contributed by atoms with van der Waals surface area (Å²) in [6.45, 7) is 2.34. The van der Waals surface area contributed by atoms with Gasteiger partial charge in [-0.25, -0.2) is 0 Å². The van der Waals surface area contributed by atoms with Gasteiger partial charge in [-0.15, -0.1) is 0 Å². The molecule has 0 radical (unpaired) electrons. The van der Waals surface area contributed by atoms with Crippen molar-refractivity contribution in [2.24, 2.45) is 5.92 Å². The number of nitrogens with zero attached hydrogens (tertiary/aromatic N) is 2. The van der Waals surface area contributed by atoms with E-state index in [1.165, 1.54) is 39.2 Å². The molecule has 1 aliphatic heterocycles. The molecule has 1 N–H and O–H groups in total. The highest BCUT2D eigenvalue weighted by atomic mass is 35.5. The van der Waals surface area contributed by atoms with E-state index in [-0.39, 0.29) is 22.1 Å². The van der Waals surface area contributed by atoms with Crippen molar-refractivity contribution < 1.29 is 28.3 Å². The zero-order chi connectivity index (χ0) is 24.7. The number of fused-ring (bicyclic) bond motifs is 1. The molecule has 1 fully saturated rings. The fourth-order valence-electron chi connectivity index (χ4n) is 5.30. The average molecular weight is 502 g/mol.